The lowest BCUT2D eigenvalue weighted by atomic mass is 10.2. The van der Waals surface area contributed by atoms with Gasteiger partial charge < -0.3 is 10.1 Å². The summed E-state index contributed by atoms with van der Waals surface area (Å²) < 4.78 is 7.43. The molecule has 0 spiro atoms. The number of rotatable bonds is 4. The number of halogens is 2. The molecule has 2 aromatic rings. The summed E-state index contributed by atoms with van der Waals surface area (Å²) in [5.41, 5.74) is 2.37. The third-order valence-electron chi connectivity index (χ3n) is 2.57. The highest BCUT2D eigenvalue weighted by atomic mass is 127. The van der Waals surface area contributed by atoms with Gasteiger partial charge >= 0.3 is 0 Å². The van der Waals surface area contributed by atoms with E-state index in [9.17, 15) is 0 Å². The standard InChI is InChI=1S/C14H13BrINO/c1-18-12-5-2-10(3-6-12)9-17-14-8-11(15)4-7-13(14)16/h2-8,17H,9H2,1H3. The normalized spacial score (nSPS) is 10.2. The Morgan fingerprint density at radius 2 is 1.89 bits per heavy atom. The molecule has 18 heavy (non-hydrogen) atoms. The minimum absolute atomic E-state index is 0.802. The molecule has 0 aromatic heterocycles. The molecule has 2 nitrogen and oxygen atoms in total. The number of anilines is 1. The van der Waals surface area contributed by atoms with Crippen molar-refractivity contribution in [2.45, 2.75) is 6.54 Å². The Kier molecular flexibility index (Phi) is 4.88. The molecule has 0 bridgehead atoms. The Hall–Kier alpha value is -0.750. The number of nitrogens with one attached hydrogen (secondary N) is 1. The Morgan fingerprint density at radius 3 is 2.56 bits per heavy atom. The van der Waals surface area contributed by atoms with Crippen LogP contribution in [0, 0.1) is 3.57 Å². The first-order chi connectivity index (χ1) is 8.69. The van der Waals surface area contributed by atoms with Crippen LogP contribution in [0.2, 0.25) is 0 Å². The highest BCUT2D eigenvalue weighted by molar-refractivity contribution is 14.1. The van der Waals surface area contributed by atoms with Crippen LogP contribution >= 0.6 is 38.5 Å². The maximum absolute atomic E-state index is 5.14. The highest BCUT2D eigenvalue weighted by Crippen LogP contribution is 2.23. The van der Waals surface area contributed by atoms with Crippen LogP contribution in [-0.4, -0.2) is 7.11 Å². The summed E-state index contributed by atoms with van der Waals surface area (Å²) in [6.45, 7) is 0.802. The van der Waals surface area contributed by atoms with Crippen molar-refractivity contribution in [1.29, 1.82) is 0 Å². The summed E-state index contributed by atoms with van der Waals surface area (Å²) in [5.74, 6) is 0.885. The Morgan fingerprint density at radius 1 is 1.17 bits per heavy atom. The topological polar surface area (TPSA) is 21.3 Å². The lowest BCUT2D eigenvalue weighted by Gasteiger charge is -2.09. The molecule has 0 atom stereocenters. The highest BCUT2D eigenvalue weighted by Gasteiger charge is 2.00. The minimum atomic E-state index is 0.802. The maximum atomic E-state index is 5.14. The summed E-state index contributed by atoms with van der Waals surface area (Å²) in [5, 5.41) is 3.43. The first-order valence-electron chi connectivity index (χ1n) is 5.51. The smallest absolute Gasteiger partial charge is 0.118 e. The second-order valence-corrected chi connectivity index (χ2v) is 5.90. The fraction of sp³-hybridized carbons (Fsp3) is 0.143. The fourth-order valence-corrected chi connectivity index (χ4v) is 2.46. The third-order valence-corrected chi connectivity index (χ3v) is 4.00. The molecule has 0 fully saturated rings. The van der Waals surface area contributed by atoms with E-state index in [1.807, 2.05) is 18.2 Å². The third kappa shape index (κ3) is 3.62. The molecule has 0 aliphatic heterocycles. The van der Waals surface area contributed by atoms with Crippen LogP contribution in [0.15, 0.2) is 46.9 Å². The molecule has 2 rings (SSSR count). The summed E-state index contributed by atoms with van der Waals surface area (Å²) in [7, 11) is 1.68. The van der Waals surface area contributed by atoms with Gasteiger partial charge in [-0.1, -0.05) is 28.1 Å². The molecule has 1 N–H and O–H groups in total. The van der Waals surface area contributed by atoms with Gasteiger partial charge in [0.15, 0.2) is 0 Å². The van der Waals surface area contributed by atoms with Crippen LogP contribution in [0.4, 0.5) is 5.69 Å². The molecule has 2 aromatic carbocycles. The average Bonchev–Trinajstić information content (AvgIpc) is 2.40. The van der Waals surface area contributed by atoms with Crippen molar-refractivity contribution in [2.24, 2.45) is 0 Å². The Bertz CT molecular complexity index is 528. The number of hydrogen-bond donors (Lipinski definition) is 1. The summed E-state index contributed by atoms with van der Waals surface area (Å²) in [6, 6.07) is 14.3. The predicted molar refractivity (Wildman–Crippen MR) is 87.2 cm³/mol. The molecule has 0 heterocycles. The Labute approximate surface area is 129 Å². The van der Waals surface area contributed by atoms with Gasteiger partial charge in [0.2, 0.25) is 0 Å². The van der Waals surface area contributed by atoms with Gasteiger partial charge in [0.25, 0.3) is 0 Å². The van der Waals surface area contributed by atoms with E-state index in [-0.39, 0.29) is 0 Å². The first kappa shape index (κ1) is 13.7. The average molecular weight is 418 g/mol. The molecule has 94 valence electrons. The molecule has 0 amide bonds. The zero-order chi connectivity index (χ0) is 13.0. The van der Waals surface area contributed by atoms with Gasteiger partial charge in [-0.15, -0.1) is 0 Å². The van der Waals surface area contributed by atoms with E-state index < -0.39 is 0 Å². The van der Waals surface area contributed by atoms with E-state index in [1.165, 1.54) is 9.13 Å². The lowest BCUT2D eigenvalue weighted by molar-refractivity contribution is 0.414. The van der Waals surface area contributed by atoms with Crippen LogP contribution in [0.25, 0.3) is 0 Å². The van der Waals surface area contributed by atoms with Gasteiger partial charge in [0, 0.05) is 20.3 Å². The van der Waals surface area contributed by atoms with E-state index in [0.717, 1.165) is 22.5 Å². The van der Waals surface area contributed by atoms with Crippen LogP contribution in [0.5, 0.6) is 5.75 Å². The molecule has 0 saturated carbocycles. The lowest BCUT2D eigenvalue weighted by Crippen LogP contribution is -2.01. The van der Waals surface area contributed by atoms with Crippen LogP contribution in [0.1, 0.15) is 5.56 Å². The molecule has 0 aliphatic carbocycles. The van der Waals surface area contributed by atoms with Crippen molar-refractivity contribution in [3.05, 3.63) is 56.1 Å². The number of ether oxygens (including phenoxy) is 1. The zero-order valence-electron chi connectivity index (χ0n) is 9.91. The van der Waals surface area contributed by atoms with Crippen LogP contribution < -0.4 is 10.1 Å². The summed E-state index contributed by atoms with van der Waals surface area (Å²) >= 11 is 5.81. The Balaban J connectivity index is 2.04. The van der Waals surface area contributed by atoms with E-state index in [2.05, 4.69) is 68.1 Å². The first-order valence-corrected chi connectivity index (χ1v) is 7.38. The van der Waals surface area contributed by atoms with E-state index in [1.54, 1.807) is 7.11 Å². The van der Waals surface area contributed by atoms with Gasteiger partial charge in [0.05, 0.1) is 7.11 Å². The second kappa shape index (κ2) is 6.43. The molecule has 0 aliphatic rings. The largest absolute Gasteiger partial charge is 0.497 e. The van der Waals surface area contributed by atoms with Gasteiger partial charge in [-0.3, -0.25) is 0 Å². The monoisotopic (exact) mass is 417 g/mol. The maximum Gasteiger partial charge on any atom is 0.118 e. The van der Waals surface area contributed by atoms with Gasteiger partial charge in [-0.05, 0) is 58.5 Å². The van der Waals surface area contributed by atoms with Crippen molar-refractivity contribution < 1.29 is 4.74 Å². The van der Waals surface area contributed by atoms with Crippen molar-refractivity contribution >= 4 is 44.2 Å². The number of hydrogen-bond acceptors (Lipinski definition) is 2. The van der Waals surface area contributed by atoms with E-state index in [0.29, 0.717) is 0 Å². The van der Waals surface area contributed by atoms with Gasteiger partial charge in [0.1, 0.15) is 5.75 Å². The quantitative estimate of drug-likeness (QED) is 0.729. The van der Waals surface area contributed by atoms with Crippen LogP contribution in [0.3, 0.4) is 0 Å². The van der Waals surface area contributed by atoms with Gasteiger partial charge in [-0.25, -0.2) is 0 Å². The summed E-state index contributed by atoms with van der Waals surface area (Å²) in [6.07, 6.45) is 0. The minimum Gasteiger partial charge on any atom is -0.497 e. The predicted octanol–water partition coefficient (Wildman–Crippen LogP) is 4.67. The van der Waals surface area contributed by atoms with Crippen molar-refractivity contribution in [1.82, 2.24) is 0 Å². The number of benzene rings is 2. The molecule has 4 heteroatoms. The molecular weight excluding hydrogens is 405 g/mol. The van der Waals surface area contributed by atoms with Crippen molar-refractivity contribution in [2.75, 3.05) is 12.4 Å². The fourth-order valence-electron chi connectivity index (χ4n) is 1.57. The van der Waals surface area contributed by atoms with Gasteiger partial charge in [-0.2, -0.15) is 0 Å². The molecule has 0 radical (unpaired) electrons. The molecule has 0 unspecified atom stereocenters. The van der Waals surface area contributed by atoms with Crippen LogP contribution in [-0.2, 0) is 6.54 Å². The molecule has 0 saturated heterocycles. The van der Waals surface area contributed by atoms with Crippen molar-refractivity contribution in [3.8, 4) is 5.75 Å². The number of methoxy groups -OCH3 is 1. The zero-order valence-corrected chi connectivity index (χ0v) is 13.7. The van der Waals surface area contributed by atoms with Crippen molar-refractivity contribution in [3.63, 3.8) is 0 Å². The molecular formula is C14H13BrINO. The van der Waals surface area contributed by atoms with E-state index in [4.69, 9.17) is 4.74 Å². The SMILES string of the molecule is COc1ccc(CNc2cc(Br)ccc2I)cc1. The summed E-state index contributed by atoms with van der Waals surface area (Å²) in [4.78, 5) is 0. The van der Waals surface area contributed by atoms with E-state index >= 15 is 0 Å². The second-order valence-electron chi connectivity index (χ2n) is 3.83.